The molecule has 38 heavy (non-hydrogen) atoms. The van der Waals surface area contributed by atoms with Crippen molar-refractivity contribution >= 4 is 50.7 Å². The van der Waals surface area contributed by atoms with Gasteiger partial charge in [0.1, 0.15) is 5.82 Å². The summed E-state index contributed by atoms with van der Waals surface area (Å²) in [7, 11) is 0. The molecule has 1 saturated heterocycles. The third-order valence-electron chi connectivity index (χ3n) is 6.88. The molecule has 2 aliphatic rings. The maximum Gasteiger partial charge on any atom is 0.317 e. The van der Waals surface area contributed by atoms with Gasteiger partial charge in [0.25, 0.3) is 5.91 Å². The zero-order chi connectivity index (χ0) is 26.5. The number of pyridine rings is 1. The quantitative estimate of drug-likeness (QED) is 0.354. The van der Waals surface area contributed by atoms with Crippen molar-refractivity contribution in [2.75, 3.05) is 36.9 Å². The molecule has 2 fully saturated rings. The van der Waals surface area contributed by atoms with Gasteiger partial charge in [-0.2, -0.15) is 0 Å². The van der Waals surface area contributed by atoms with Gasteiger partial charge in [0, 0.05) is 49.2 Å². The summed E-state index contributed by atoms with van der Waals surface area (Å²) in [6, 6.07) is 8.20. The standard InChI is InChI=1S/C27H35N7O3S/c1-17(2)30-23-14-25(31-20-7-8-22-24(13-20)38-16-29-22)28-15-21(23)26(35)32-18-3-5-19(6-4-18)33-27(36)34-9-11-37-12-10-34/h7-8,13-19H,3-6,9-12H2,1-2H3,(H,32,35)(H,33,36)(H2,28,30,31). The highest BCUT2D eigenvalue weighted by atomic mass is 32.1. The van der Waals surface area contributed by atoms with E-state index >= 15 is 0 Å². The summed E-state index contributed by atoms with van der Waals surface area (Å²) in [5.74, 6) is 0.518. The zero-order valence-corrected chi connectivity index (χ0v) is 22.6. The van der Waals surface area contributed by atoms with Gasteiger partial charge >= 0.3 is 6.03 Å². The fourth-order valence-corrected chi connectivity index (χ4v) is 5.61. The van der Waals surface area contributed by atoms with E-state index in [-0.39, 0.29) is 30.1 Å². The van der Waals surface area contributed by atoms with E-state index in [2.05, 4.69) is 31.2 Å². The molecule has 0 spiro atoms. The fraction of sp³-hybridized carbons (Fsp3) is 0.481. The normalized spacial score (nSPS) is 19.8. The van der Waals surface area contributed by atoms with E-state index in [0.717, 1.165) is 47.3 Å². The molecule has 10 nitrogen and oxygen atoms in total. The molecule has 1 saturated carbocycles. The second-order valence-corrected chi connectivity index (χ2v) is 11.0. The minimum absolute atomic E-state index is 0.0167. The van der Waals surface area contributed by atoms with Crippen LogP contribution in [0.15, 0.2) is 36.0 Å². The molecular formula is C27H35N7O3S. The smallest absolute Gasteiger partial charge is 0.317 e. The Morgan fingerprint density at radius 3 is 2.50 bits per heavy atom. The molecule has 0 unspecified atom stereocenters. The SMILES string of the molecule is CC(C)Nc1cc(Nc2ccc3ncsc3c2)ncc1C(=O)NC1CCC(NC(=O)N2CCOCC2)CC1. The minimum atomic E-state index is -0.140. The minimum Gasteiger partial charge on any atom is -0.382 e. The molecule has 1 aromatic carbocycles. The summed E-state index contributed by atoms with van der Waals surface area (Å²) >= 11 is 1.59. The van der Waals surface area contributed by atoms with E-state index in [1.165, 1.54) is 0 Å². The third kappa shape index (κ3) is 6.51. The van der Waals surface area contributed by atoms with Gasteiger partial charge in [0.05, 0.1) is 40.2 Å². The molecule has 1 aliphatic carbocycles. The molecule has 0 atom stereocenters. The van der Waals surface area contributed by atoms with Crippen LogP contribution in [0.3, 0.4) is 0 Å². The lowest BCUT2D eigenvalue weighted by atomic mass is 9.91. The lowest BCUT2D eigenvalue weighted by molar-refractivity contribution is 0.0520. The summed E-state index contributed by atoms with van der Waals surface area (Å²) < 4.78 is 6.42. The fourth-order valence-electron chi connectivity index (χ4n) is 4.89. The van der Waals surface area contributed by atoms with Gasteiger partial charge in [-0.25, -0.2) is 14.8 Å². The largest absolute Gasteiger partial charge is 0.382 e. The molecule has 0 radical (unpaired) electrons. The van der Waals surface area contributed by atoms with Gasteiger partial charge in [-0.3, -0.25) is 4.79 Å². The molecule has 202 valence electrons. The molecule has 0 bridgehead atoms. The number of hydrogen-bond acceptors (Lipinski definition) is 8. The number of thiazole rings is 1. The monoisotopic (exact) mass is 537 g/mol. The number of hydrogen-bond donors (Lipinski definition) is 4. The van der Waals surface area contributed by atoms with Crippen molar-refractivity contribution in [2.24, 2.45) is 0 Å². The number of nitrogens with one attached hydrogen (secondary N) is 4. The van der Waals surface area contributed by atoms with E-state index < -0.39 is 0 Å². The Balaban J connectivity index is 1.18. The number of carbonyl (C=O) groups excluding carboxylic acids is 2. The molecule has 3 heterocycles. The number of nitrogens with zero attached hydrogens (tertiary/aromatic N) is 3. The van der Waals surface area contributed by atoms with Gasteiger partial charge in [0.15, 0.2) is 0 Å². The molecule has 11 heteroatoms. The van der Waals surface area contributed by atoms with Crippen LogP contribution in [0.5, 0.6) is 0 Å². The van der Waals surface area contributed by atoms with Gasteiger partial charge in [-0.15, -0.1) is 11.3 Å². The van der Waals surface area contributed by atoms with Crippen LogP contribution in [0.4, 0.5) is 22.0 Å². The Kier molecular flexibility index (Phi) is 8.23. The van der Waals surface area contributed by atoms with Crippen molar-refractivity contribution in [1.82, 2.24) is 25.5 Å². The molecular weight excluding hydrogens is 502 g/mol. The van der Waals surface area contributed by atoms with E-state index in [1.807, 2.05) is 48.5 Å². The number of ether oxygens (including phenoxy) is 1. The highest BCUT2D eigenvalue weighted by Crippen LogP contribution is 2.27. The Morgan fingerprint density at radius 2 is 1.76 bits per heavy atom. The Bertz CT molecular complexity index is 1270. The van der Waals surface area contributed by atoms with E-state index in [0.29, 0.717) is 37.7 Å². The van der Waals surface area contributed by atoms with Crippen molar-refractivity contribution < 1.29 is 14.3 Å². The van der Waals surface area contributed by atoms with E-state index in [4.69, 9.17) is 4.74 Å². The predicted octanol–water partition coefficient (Wildman–Crippen LogP) is 4.34. The van der Waals surface area contributed by atoms with Crippen LogP contribution < -0.4 is 21.3 Å². The third-order valence-corrected chi connectivity index (χ3v) is 7.68. The van der Waals surface area contributed by atoms with Crippen LogP contribution in [-0.4, -0.2) is 71.2 Å². The number of morpholine rings is 1. The Morgan fingerprint density at radius 1 is 1.03 bits per heavy atom. The molecule has 3 amide bonds. The van der Waals surface area contributed by atoms with Crippen molar-refractivity contribution in [3.8, 4) is 0 Å². The summed E-state index contributed by atoms with van der Waals surface area (Å²) in [5, 5.41) is 13.1. The number of fused-ring (bicyclic) bond motifs is 1. The lowest BCUT2D eigenvalue weighted by Gasteiger charge is -2.33. The summed E-state index contributed by atoms with van der Waals surface area (Å²) in [6.07, 6.45) is 4.94. The van der Waals surface area contributed by atoms with Gasteiger partial charge in [0.2, 0.25) is 0 Å². The van der Waals surface area contributed by atoms with Crippen LogP contribution in [0.25, 0.3) is 10.2 Å². The molecule has 1 aliphatic heterocycles. The number of anilines is 3. The number of urea groups is 1. The Labute approximate surface area is 226 Å². The maximum atomic E-state index is 13.3. The maximum absolute atomic E-state index is 13.3. The van der Waals surface area contributed by atoms with E-state index in [1.54, 1.807) is 17.5 Å². The van der Waals surface area contributed by atoms with E-state index in [9.17, 15) is 9.59 Å². The topological polar surface area (TPSA) is 121 Å². The highest BCUT2D eigenvalue weighted by molar-refractivity contribution is 7.16. The summed E-state index contributed by atoms with van der Waals surface area (Å²) in [4.78, 5) is 36.4. The first-order valence-corrected chi connectivity index (χ1v) is 14.1. The second-order valence-electron chi connectivity index (χ2n) is 10.1. The molecule has 3 aromatic rings. The molecule has 5 rings (SSSR count). The van der Waals surface area contributed by atoms with Crippen molar-refractivity contribution in [1.29, 1.82) is 0 Å². The summed E-state index contributed by atoms with van der Waals surface area (Å²) in [6.45, 7) is 6.53. The first-order valence-electron chi connectivity index (χ1n) is 13.3. The number of amides is 3. The van der Waals surface area contributed by atoms with Crippen LogP contribution in [0.1, 0.15) is 49.9 Å². The first kappa shape index (κ1) is 26.2. The van der Waals surface area contributed by atoms with Crippen molar-refractivity contribution in [3.63, 3.8) is 0 Å². The van der Waals surface area contributed by atoms with Crippen LogP contribution in [-0.2, 0) is 4.74 Å². The van der Waals surface area contributed by atoms with Crippen LogP contribution in [0, 0.1) is 0 Å². The first-order chi connectivity index (χ1) is 18.4. The second kappa shape index (κ2) is 12.0. The number of carbonyl (C=O) groups is 2. The average molecular weight is 538 g/mol. The zero-order valence-electron chi connectivity index (χ0n) is 21.8. The number of aromatic nitrogens is 2. The van der Waals surface area contributed by atoms with Gasteiger partial charge < -0.3 is 30.9 Å². The summed E-state index contributed by atoms with van der Waals surface area (Å²) in [5.41, 5.74) is 4.97. The molecule has 4 N–H and O–H groups in total. The van der Waals surface area contributed by atoms with Crippen LogP contribution >= 0.6 is 11.3 Å². The van der Waals surface area contributed by atoms with Gasteiger partial charge in [-0.05, 0) is 57.7 Å². The molecule has 2 aromatic heterocycles. The van der Waals surface area contributed by atoms with Crippen molar-refractivity contribution in [3.05, 3.63) is 41.5 Å². The predicted molar refractivity (Wildman–Crippen MR) is 150 cm³/mol. The van der Waals surface area contributed by atoms with Gasteiger partial charge in [-0.1, -0.05) is 0 Å². The lowest BCUT2D eigenvalue weighted by Crippen LogP contribution is -2.51. The average Bonchev–Trinajstić information content (AvgIpc) is 3.38. The number of rotatable bonds is 7. The number of benzene rings is 1. The van der Waals surface area contributed by atoms with Crippen LogP contribution in [0.2, 0.25) is 0 Å². The highest BCUT2D eigenvalue weighted by Gasteiger charge is 2.27. The Hall–Kier alpha value is -3.44. The van der Waals surface area contributed by atoms with Crippen molar-refractivity contribution in [2.45, 2.75) is 57.7 Å².